The maximum absolute atomic E-state index is 3.74. The minimum atomic E-state index is 0.970. The highest BCUT2D eigenvalue weighted by atomic mass is 14.4. The summed E-state index contributed by atoms with van der Waals surface area (Å²) in [5, 5.41) is 0. The van der Waals surface area contributed by atoms with Gasteiger partial charge in [0.1, 0.15) is 0 Å². The fourth-order valence-electron chi connectivity index (χ4n) is 1.50. The molecule has 0 aromatic heterocycles. The van der Waals surface area contributed by atoms with Crippen LogP contribution in [0.4, 0.5) is 0 Å². The van der Waals surface area contributed by atoms with Crippen LogP contribution in [0.15, 0.2) is 25.3 Å². The lowest BCUT2D eigenvalue weighted by Gasteiger charge is -1.92. The standard InChI is InChI=1S/C10H16/c1-3-5-7-10-8-9(10)6-4-2/h3-4,9-10H,1-2,5-8H2/t9-,10+/m0/s1. The second-order valence-corrected chi connectivity index (χ2v) is 3.15. The normalized spacial score (nSPS) is 29.6. The van der Waals surface area contributed by atoms with E-state index in [0.29, 0.717) is 0 Å². The Labute approximate surface area is 63.6 Å². The summed E-state index contributed by atoms with van der Waals surface area (Å²) < 4.78 is 0. The van der Waals surface area contributed by atoms with Gasteiger partial charge in [0.2, 0.25) is 0 Å². The van der Waals surface area contributed by atoms with Crippen LogP contribution < -0.4 is 0 Å². The highest BCUT2D eigenvalue weighted by molar-refractivity contribution is 4.91. The average molecular weight is 136 g/mol. The molecule has 0 aromatic carbocycles. The van der Waals surface area contributed by atoms with Gasteiger partial charge in [0.25, 0.3) is 0 Å². The molecule has 0 N–H and O–H groups in total. The molecule has 1 saturated carbocycles. The number of hydrogen-bond donors (Lipinski definition) is 0. The summed E-state index contributed by atoms with van der Waals surface area (Å²) in [5.41, 5.74) is 0. The molecule has 1 aliphatic rings. The van der Waals surface area contributed by atoms with Crippen LogP contribution in [-0.2, 0) is 0 Å². The summed E-state index contributed by atoms with van der Waals surface area (Å²) in [7, 11) is 0. The Morgan fingerprint density at radius 2 is 2.00 bits per heavy atom. The Kier molecular flexibility index (Phi) is 2.73. The van der Waals surface area contributed by atoms with Gasteiger partial charge in [0.05, 0.1) is 0 Å². The van der Waals surface area contributed by atoms with Gasteiger partial charge >= 0.3 is 0 Å². The second-order valence-electron chi connectivity index (χ2n) is 3.15. The minimum Gasteiger partial charge on any atom is -0.103 e. The number of hydrogen-bond acceptors (Lipinski definition) is 0. The molecule has 0 aromatic rings. The van der Waals surface area contributed by atoms with Crippen LogP contribution in [0.25, 0.3) is 0 Å². The zero-order valence-electron chi connectivity index (χ0n) is 6.55. The van der Waals surface area contributed by atoms with E-state index in [9.17, 15) is 0 Å². The average Bonchev–Trinajstić information content (AvgIpc) is 2.65. The maximum Gasteiger partial charge on any atom is -0.0322 e. The van der Waals surface area contributed by atoms with Gasteiger partial charge in [0.15, 0.2) is 0 Å². The van der Waals surface area contributed by atoms with E-state index in [2.05, 4.69) is 13.2 Å². The van der Waals surface area contributed by atoms with Gasteiger partial charge in [-0.1, -0.05) is 12.2 Å². The first kappa shape index (κ1) is 7.59. The smallest absolute Gasteiger partial charge is 0.0322 e. The molecule has 0 bridgehead atoms. The van der Waals surface area contributed by atoms with Crippen molar-refractivity contribution in [3.8, 4) is 0 Å². The van der Waals surface area contributed by atoms with E-state index in [1.165, 1.54) is 25.7 Å². The lowest BCUT2D eigenvalue weighted by Crippen LogP contribution is -1.79. The van der Waals surface area contributed by atoms with E-state index in [-0.39, 0.29) is 0 Å². The van der Waals surface area contributed by atoms with E-state index in [4.69, 9.17) is 0 Å². The first-order valence-corrected chi connectivity index (χ1v) is 4.10. The topological polar surface area (TPSA) is 0 Å². The van der Waals surface area contributed by atoms with Crippen molar-refractivity contribution in [2.24, 2.45) is 11.8 Å². The molecule has 1 rings (SSSR count). The van der Waals surface area contributed by atoms with Crippen molar-refractivity contribution < 1.29 is 0 Å². The van der Waals surface area contributed by atoms with E-state index in [1.54, 1.807) is 0 Å². The Balaban J connectivity index is 2.01. The number of rotatable bonds is 5. The van der Waals surface area contributed by atoms with Crippen molar-refractivity contribution in [3.05, 3.63) is 25.3 Å². The summed E-state index contributed by atoms with van der Waals surface area (Å²) in [6, 6.07) is 0. The first-order chi connectivity index (χ1) is 4.88. The zero-order chi connectivity index (χ0) is 7.40. The van der Waals surface area contributed by atoms with Crippen molar-refractivity contribution >= 4 is 0 Å². The number of allylic oxidation sites excluding steroid dienone is 2. The third-order valence-electron chi connectivity index (χ3n) is 2.28. The van der Waals surface area contributed by atoms with Gasteiger partial charge < -0.3 is 0 Å². The molecule has 0 aliphatic heterocycles. The van der Waals surface area contributed by atoms with Crippen LogP contribution in [0.3, 0.4) is 0 Å². The first-order valence-electron chi connectivity index (χ1n) is 4.10. The summed E-state index contributed by atoms with van der Waals surface area (Å²) in [5.74, 6) is 1.97. The third-order valence-corrected chi connectivity index (χ3v) is 2.28. The molecule has 1 fully saturated rings. The van der Waals surface area contributed by atoms with Crippen molar-refractivity contribution in [3.63, 3.8) is 0 Å². The molecule has 0 heteroatoms. The lowest BCUT2D eigenvalue weighted by molar-refractivity contribution is 0.658. The van der Waals surface area contributed by atoms with Crippen LogP contribution in [0.5, 0.6) is 0 Å². The molecular weight excluding hydrogens is 120 g/mol. The van der Waals surface area contributed by atoms with Gasteiger partial charge in [-0.3, -0.25) is 0 Å². The molecule has 0 amide bonds. The minimum absolute atomic E-state index is 0.970. The monoisotopic (exact) mass is 136 g/mol. The van der Waals surface area contributed by atoms with Crippen molar-refractivity contribution in [2.75, 3.05) is 0 Å². The second kappa shape index (κ2) is 3.60. The van der Waals surface area contributed by atoms with Crippen LogP contribution in [-0.4, -0.2) is 0 Å². The van der Waals surface area contributed by atoms with E-state index in [0.717, 1.165) is 11.8 Å². The molecule has 0 heterocycles. The summed E-state index contributed by atoms with van der Waals surface area (Å²) in [4.78, 5) is 0. The fourth-order valence-corrected chi connectivity index (χ4v) is 1.50. The van der Waals surface area contributed by atoms with Crippen molar-refractivity contribution in [1.29, 1.82) is 0 Å². The van der Waals surface area contributed by atoms with E-state index < -0.39 is 0 Å². The molecular formula is C10H16. The molecule has 2 atom stereocenters. The summed E-state index contributed by atoms with van der Waals surface area (Å²) >= 11 is 0. The Hall–Kier alpha value is -0.520. The van der Waals surface area contributed by atoms with Gasteiger partial charge in [0, 0.05) is 0 Å². The predicted octanol–water partition coefficient (Wildman–Crippen LogP) is 3.16. The molecule has 1 aliphatic carbocycles. The summed E-state index contributed by atoms with van der Waals surface area (Å²) in [6.07, 6.45) is 9.25. The van der Waals surface area contributed by atoms with Gasteiger partial charge in [-0.05, 0) is 37.5 Å². The molecule has 0 unspecified atom stereocenters. The van der Waals surface area contributed by atoms with E-state index in [1.807, 2.05) is 12.2 Å². The molecule has 0 spiro atoms. The third kappa shape index (κ3) is 2.02. The predicted molar refractivity (Wildman–Crippen MR) is 45.8 cm³/mol. The van der Waals surface area contributed by atoms with Gasteiger partial charge in [-0.2, -0.15) is 0 Å². The molecule has 0 nitrogen and oxygen atoms in total. The molecule has 0 saturated heterocycles. The van der Waals surface area contributed by atoms with E-state index >= 15 is 0 Å². The maximum atomic E-state index is 3.74. The lowest BCUT2D eigenvalue weighted by atomic mass is 10.1. The van der Waals surface area contributed by atoms with Gasteiger partial charge in [-0.25, -0.2) is 0 Å². The largest absolute Gasteiger partial charge is 0.103 e. The SMILES string of the molecule is C=CCC[C@@H]1C[C@@H]1CC=C. The van der Waals surface area contributed by atoms with Crippen LogP contribution >= 0.6 is 0 Å². The quantitative estimate of drug-likeness (QED) is 0.509. The molecule has 56 valence electrons. The Morgan fingerprint density at radius 3 is 2.60 bits per heavy atom. The summed E-state index contributed by atoms with van der Waals surface area (Å²) in [6.45, 7) is 7.45. The highest BCUT2D eigenvalue weighted by Crippen LogP contribution is 2.44. The fraction of sp³-hybridized carbons (Fsp3) is 0.600. The Bertz CT molecular complexity index is 124. The highest BCUT2D eigenvalue weighted by Gasteiger charge is 2.34. The molecule has 0 radical (unpaired) electrons. The Morgan fingerprint density at radius 1 is 1.20 bits per heavy atom. The van der Waals surface area contributed by atoms with Gasteiger partial charge in [-0.15, -0.1) is 13.2 Å². The van der Waals surface area contributed by atoms with Crippen LogP contribution in [0.2, 0.25) is 0 Å². The molecule has 10 heavy (non-hydrogen) atoms. The van der Waals surface area contributed by atoms with Crippen molar-refractivity contribution in [2.45, 2.75) is 25.7 Å². The van der Waals surface area contributed by atoms with Crippen molar-refractivity contribution in [1.82, 2.24) is 0 Å². The van der Waals surface area contributed by atoms with Crippen LogP contribution in [0, 0.1) is 11.8 Å². The zero-order valence-corrected chi connectivity index (χ0v) is 6.55. The van der Waals surface area contributed by atoms with Crippen LogP contribution in [0.1, 0.15) is 25.7 Å².